The number of benzene rings is 1. The van der Waals surface area contributed by atoms with Gasteiger partial charge in [0.05, 0.1) is 18.2 Å². The average Bonchev–Trinajstić information content (AvgIpc) is 3.04. The second-order valence-electron chi connectivity index (χ2n) is 5.02. The Morgan fingerprint density at radius 2 is 2.19 bits per heavy atom. The first-order chi connectivity index (χ1) is 10.3. The number of hydrogen-bond acceptors (Lipinski definition) is 3. The van der Waals surface area contributed by atoms with Gasteiger partial charge in [-0.3, -0.25) is 0 Å². The smallest absolute Gasteiger partial charge is 0.191 e. The summed E-state index contributed by atoms with van der Waals surface area (Å²) in [6, 6.07) is 9.71. The Bertz CT molecular complexity index is 498. The van der Waals surface area contributed by atoms with E-state index in [-0.39, 0.29) is 0 Å². The van der Waals surface area contributed by atoms with Gasteiger partial charge in [-0.05, 0) is 43.2 Å². The third-order valence-corrected chi connectivity index (χ3v) is 4.77. The minimum Gasteiger partial charge on any atom is -0.357 e. The molecule has 4 nitrogen and oxygen atoms in total. The predicted octanol–water partition coefficient (Wildman–Crippen LogP) is 2.51. The Balaban J connectivity index is 1.87. The molecule has 21 heavy (non-hydrogen) atoms. The molecular weight excluding hydrogens is 280 g/mol. The number of nitriles is 1. The van der Waals surface area contributed by atoms with Crippen LogP contribution in [0.1, 0.15) is 30.9 Å². The molecule has 2 N–H and O–H groups in total. The zero-order valence-corrected chi connectivity index (χ0v) is 13.2. The molecule has 1 aliphatic heterocycles. The van der Waals surface area contributed by atoms with Crippen LogP contribution in [0.5, 0.6) is 0 Å². The van der Waals surface area contributed by atoms with Crippen molar-refractivity contribution in [3.63, 3.8) is 0 Å². The summed E-state index contributed by atoms with van der Waals surface area (Å²) in [6.45, 7) is 4.53. The second kappa shape index (κ2) is 8.58. The van der Waals surface area contributed by atoms with Crippen molar-refractivity contribution in [2.75, 3.05) is 18.8 Å². The zero-order chi connectivity index (χ0) is 14.9. The maximum atomic E-state index is 8.79. The van der Waals surface area contributed by atoms with E-state index in [1.54, 1.807) is 0 Å². The van der Waals surface area contributed by atoms with Crippen LogP contribution in [-0.4, -0.2) is 30.1 Å². The number of rotatable bonds is 5. The number of nitrogens with one attached hydrogen (secondary N) is 2. The first kappa shape index (κ1) is 15.7. The Labute approximate surface area is 131 Å². The summed E-state index contributed by atoms with van der Waals surface area (Å²) in [5, 5.41) is 16.2. The fourth-order valence-corrected chi connectivity index (χ4v) is 3.41. The van der Waals surface area contributed by atoms with Crippen LogP contribution < -0.4 is 10.6 Å². The maximum Gasteiger partial charge on any atom is 0.191 e. The van der Waals surface area contributed by atoms with Crippen molar-refractivity contribution in [3.05, 3.63) is 35.4 Å². The molecule has 1 heterocycles. The highest BCUT2D eigenvalue weighted by molar-refractivity contribution is 8.00. The predicted molar refractivity (Wildman–Crippen MR) is 89.5 cm³/mol. The van der Waals surface area contributed by atoms with Crippen LogP contribution in [0, 0.1) is 11.3 Å². The van der Waals surface area contributed by atoms with Gasteiger partial charge < -0.3 is 10.6 Å². The van der Waals surface area contributed by atoms with E-state index in [0.29, 0.717) is 17.4 Å². The quantitative estimate of drug-likeness (QED) is 0.648. The van der Waals surface area contributed by atoms with Crippen LogP contribution in [0.2, 0.25) is 0 Å². The highest BCUT2D eigenvalue weighted by Crippen LogP contribution is 2.25. The van der Waals surface area contributed by atoms with Crippen LogP contribution in [0.25, 0.3) is 0 Å². The van der Waals surface area contributed by atoms with Gasteiger partial charge in [0.2, 0.25) is 0 Å². The lowest BCUT2D eigenvalue weighted by Gasteiger charge is -2.14. The average molecular weight is 302 g/mol. The molecule has 1 atom stereocenters. The lowest BCUT2D eigenvalue weighted by atomic mass is 10.1. The van der Waals surface area contributed by atoms with Gasteiger partial charge in [-0.25, -0.2) is 4.99 Å². The molecule has 112 valence electrons. The lowest BCUT2D eigenvalue weighted by Crippen LogP contribution is -2.40. The van der Waals surface area contributed by atoms with Crippen LogP contribution in [0.15, 0.2) is 29.3 Å². The fourth-order valence-electron chi connectivity index (χ4n) is 2.21. The lowest BCUT2D eigenvalue weighted by molar-refractivity contribution is 0.727. The molecule has 0 aromatic heterocycles. The van der Waals surface area contributed by atoms with Gasteiger partial charge in [0.25, 0.3) is 0 Å². The SMILES string of the molecule is CCNC(=NCc1ccc(C#N)cc1)NCC1CCCS1. The number of thioether (sulfide) groups is 1. The van der Waals surface area contributed by atoms with Crippen LogP contribution >= 0.6 is 11.8 Å². The molecule has 1 aliphatic rings. The third-order valence-electron chi connectivity index (χ3n) is 3.37. The van der Waals surface area contributed by atoms with E-state index in [0.717, 1.165) is 24.6 Å². The van der Waals surface area contributed by atoms with Crippen molar-refractivity contribution in [1.29, 1.82) is 5.26 Å². The number of hydrogen-bond donors (Lipinski definition) is 2. The molecule has 5 heteroatoms. The van der Waals surface area contributed by atoms with Gasteiger partial charge in [0, 0.05) is 18.3 Å². The molecule has 1 aromatic carbocycles. The van der Waals surface area contributed by atoms with E-state index in [9.17, 15) is 0 Å². The summed E-state index contributed by atoms with van der Waals surface area (Å²) in [5.74, 6) is 2.15. The highest BCUT2D eigenvalue weighted by Gasteiger charge is 2.15. The largest absolute Gasteiger partial charge is 0.357 e. The Morgan fingerprint density at radius 3 is 2.81 bits per heavy atom. The van der Waals surface area contributed by atoms with E-state index in [1.807, 2.05) is 36.0 Å². The molecule has 1 saturated heterocycles. The van der Waals surface area contributed by atoms with Gasteiger partial charge in [-0.2, -0.15) is 17.0 Å². The second-order valence-corrected chi connectivity index (χ2v) is 6.43. The molecule has 0 spiro atoms. The molecule has 1 aromatic rings. The van der Waals surface area contributed by atoms with Crippen LogP contribution in [0.3, 0.4) is 0 Å². The van der Waals surface area contributed by atoms with Gasteiger partial charge in [0.15, 0.2) is 5.96 Å². The maximum absolute atomic E-state index is 8.79. The molecule has 0 saturated carbocycles. The van der Waals surface area contributed by atoms with Crippen molar-refractivity contribution >= 4 is 17.7 Å². The summed E-state index contributed by atoms with van der Waals surface area (Å²) in [6.07, 6.45) is 2.63. The van der Waals surface area contributed by atoms with E-state index < -0.39 is 0 Å². The number of nitrogens with zero attached hydrogens (tertiary/aromatic N) is 2. The van der Waals surface area contributed by atoms with Gasteiger partial charge in [-0.15, -0.1) is 0 Å². The van der Waals surface area contributed by atoms with Crippen molar-refractivity contribution in [2.45, 2.75) is 31.6 Å². The van der Waals surface area contributed by atoms with Gasteiger partial charge >= 0.3 is 0 Å². The van der Waals surface area contributed by atoms with E-state index in [1.165, 1.54) is 18.6 Å². The monoisotopic (exact) mass is 302 g/mol. The molecular formula is C16H22N4S. The minimum absolute atomic E-state index is 0.624. The standard InChI is InChI=1S/C16H22N4S/c1-2-18-16(20-12-15-4-3-9-21-15)19-11-14-7-5-13(10-17)6-8-14/h5-8,15H,2-4,9,11-12H2,1H3,(H2,18,19,20). The molecule has 0 aliphatic carbocycles. The first-order valence-corrected chi connectivity index (χ1v) is 8.49. The molecule has 1 unspecified atom stereocenters. The molecule has 1 fully saturated rings. The molecule has 0 radical (unpaired) electrons. The molecule has 0 bridgehead atoms. The topological polar surface area (TPSA) is 60.2 Å². The van der Waals surface area contributed by atoms with Gasteiger partial charge in [0.1, 0.15) is 0 Å². The fraction of sp³-hybridized carbons (Fsp3) is 0.500. The summed E-state index contributed by atoms with van der Waals surface area (Å²) >= 11 is 2.05. The van der Waals surface area contributed by atoms with Crippen molar-refractivity contribution in [3.8, 4) is 6.07 Å². The van der Waals surface area contributed by atoms with E-state index in [2.05, 4.69) is 28.6 Å². The summed E-state index contributed by atoms with van der Waals surface area (Å²) < 4.78 is 0. The Morgan fingerprint density at radius 1 is 1.38 bits per heavy atom. The Kier molecular flexibility index (Phi) is 6.42. The van der Waals surface area contributed by atoms with Crippen molar-refractivity contribution in [2.24, 2.45) is 4.99 Å². The molecule has 0 amide bonds. The summed E-state index contributed by atoms with van der Waals surface area (Å²) in [4.78, 5) is 4.60. The zero-order valence-electron chi connectivity index (χ0n) is 12.4. The van der Waals surface area contributed by atoms with Crippen molar-refractivity contribution < 1.29 is 0 Å². The third kappa shape index (κ3) is 5.31. The van der Waals surface area contributed by atoms with Crippen LogP contribution in [0.4, 0.5) is 0 Å². The number of aliphatic imine (C=N–C) groups is 1. The minimum atomic E-state index is 0.624. The van der Waals surface area contributed by atoms with E-state index >= 15 is 0 Å². The summed E-state index contributed by atoms with van der Waals surface area (Å²) in [5.41, 5.74) is 1.80. The first-order valence-electron chi connectivity index (χ1n) is 7.44. The number of guanidine groups is 1. The Hall–Kier alpha value is -1.67. The van der Waals surface area contributed by atoms with Gasteiger partial charge in [-0.1, -0.05) is 12.1 Å². The van der Waals surface area contributed by atoms with E-state index in [4.69, 9.17) is 5.26 Å². The highest BCUT2D eigenvalue weighted by atomic mass is 32.2. The normalized spacial score (nSPS) is 18.3. The van der Waals surface area contributed by atoms with Crippen LogP contribution in [-0.2, 0) is 6.54 Å². The molecule has 2 rings (SSSR count). The van der Waals surface area contributed by atoms with Crippen molar-refractivity contribution in [1.82, 2.24) is 10.6 Å². The summed E-state index contributed by atoms with van der Waals surface area (Å²) in [7, 11) is 0.